The largest absolute Gasteiger partial charge is 0.573 e. The third-order valence-corrected chi connectivity index (χ3v) is 2.63. The zero-order valence-electron chi connectivity index (χ0n) is 9.80. The van der Waals surface area contributed by atoms with Gasteiger partial charge in [0, 0.05) is 17.0 Å². The van der Waals surface area contributed by atoms with Crippen molar-refractivity contribution in [2.75, 3.05) is 7.11 Å². The fourth-order valence-electron chi connectivity index (χ4n) is 1.29. The van der Waals surface area contributed by atoms with Crippen LogP contribution in [0.25, 0.3) is 0 Å². The van der Waals surface area contributed by atoms with Gasteiger partial charge >= 0.3 is 12.3 Å². The molecule has 0 unspecified atom stereocenters. The zero-order chi connectivity index (χ0) is 15.5. The van der Waals surface area contributed by atoms with Crippen LogP contribution in [0, 0.1) is 0 Å². The molecule has 1 aromatic rings. The second-order valence-corrected chi connectivity index (χ2v) is 3.91. The van der Waals surface area contributed by atoms with Gasteiger partial charge in [-0.2, -0.15) is 0 Å². The standard InChI is InChI=1S/C10H7BrF5NO3/c1-19-9(18)7-4(3-11)6(20-10(14,15)16)2-5(17-7)8(12)13/h2,8H,3H2,1H3. The van der Waals surface area contributed by atoms with Gasteiger partial charge in [0.25, 0.3) is 6.43 Å². The Morgan fingerprint density at radius 1 is 1.45 bits per heavy atom. The quantitative estimate of drug-likeness (QED) is 0.466. The van der Waals surface area contributed by atoms with E-state index < -0.39 is 35.9 Å². The first-order valence-electron chi connectivity index (χ1n) is 4.91. The average molecular weight is 364 g/mol. The van der Waals surface area contributed by atoms with Crippen LogP contribution >= 0.6 is 15.9 Å². The van der Waals surface area contributed by atoms with Crippen LogP contribution < -0.4 is 4.74 Å². The van der Waals surface area contributed by atoms with Gasteiger partial charge in [0.2, 0.25) is 0 Å². The molecule has 0 atom stereocenters. The molecule has 0 saturated heterocycles. The fraction of sp³-hybridized carbons (Fsp3) is 0.400. The molecule has 0 spiro atoms. The van der Waals surface area contributed by atoms with Crippen LogP contribution in [0.15, 0.2) is 6.07 Å². The second-order valence-electron chi connectivity index (χ2n) is 3.35. The molecule has 0 aromatic carbocycles. The molecule has 0 fully saturated rings. The Balaban J connectivity index is 3.46. The maximum Gasteiger partial charge on any atom is 0.573 e. The molecule has 0 amide bonds. The Morgan fingerprint density at radius 2 is 2.05 bits per heavy atom. The number of alkyl halides is 6. The van der Waals surface area contributed by atoms with Crippen LogP contribution in [-0.2, 0) is 10.1 Å². The molecule has 4 nitrogen and oxygen atoms in total. The smallest absolute Gasteiger partial charge is 0.464 e. The average Bonchev–Trinajstić information content (AvgIpc) is 2.34. The summed E-state index contributed by atoms with van der Waals surface area (Å²) in [7, 11) is 0.946. The van der Waals surface area contributed by atoms with E-state index in [1.165, 1.54) is 0 Å². The van der Waals surface area contributed by atoms with E-state index in [0.29, 0.717) is 6.07 Å². The predicted molar refractivity (Wildman–Crippen MR) is 59.8 cm³/mol. The molecular formula is C10H7BrF5NO3. The monoisotopic (exact) mass is 363 g/mol. The van der Waals surface area contributed by atoms with Crippen molar-refractivity contribution in [3.63, 3.8) is 0 Å². The molecule has 20 heavy (non-hydrogen) atoms. The number of aromatic nitrogens is 1. The van der Waals surface area contributed by atoms with Crippen molar-refractivity contribution in [1.82, 2.24) is 4.98 Å². The summed E-state index contributed by atoms with van der Waals surface area (Å²) >= 11 is 2.84. The summed E-state index contributed by atoms with van der Waals surface area (Å²) in [6.07, 6.45) is -8.26. The van der Waals surface area contributed by atoms with Crippen molar-refractivity contribution in [2.24, 2.45) is 0 Å². The van der Waals surface area contributed by atoms with E-state index in [4.69, 9.17) is 0 Å². The summed E-state index contributed by atoms with van der Waals surface area (Å²) in [5, 5.41) is -0.265. The van der Waals surface area contributed by atoms with Gasteiger partial charge in [-0.25, -0.2) is 18.6 Å². The van der Waals surface area contributed by atoms with Gasteiger partial charge < -0.3 is 9.47 Å². The van der Waals surface area contributed by atoms with Gasteiger partial charge in [-0.05, 0) is 0 Å². The summed E-state index contributed by atoms with van der Waals surface area (Å²) in [4.78, 5) is 14.7. The number of ether oxygens (including phenoxy) is 2. The fourth-order valence-corrected chi connectivity index (χ4v) is 1.83. The minimum Gasteiger partial charge on any atom is -0.464 e. The van der Waals surface area contributed by atoms with Crippen LogP contribution in [0.3, 0.4) is 0 Å². The number of pyridine rings is 1. The highest BCUT2D eigenvalue weighted by Crippen LogP contribution is 2.33. The second kappa shape index (κ2) is 6.33. The van der Waals surface area contributed by atoms with Crippen molar-refractivity contribution >= 4 is 21.9 Å². The third kappa shape index (κ3) is 4.02. The summed E-state index contributed by atoms with van der Waals surface area (Å²) in [6, 6.07) is 0.432. The molecular weight excluding hydrogens is 357 g/mol. The van der Waals surface area contributed by atoms with Gasteiger partial charge in [0.1, 0.15) is 11.4 Å². The van der Waals surface area contributed by atoms with Crippen LogP contribution in [0.5, 0.6) is 5.75 Å². The number of esters is 1. The molecule has 1 aromatic heterocycles. The molecule has 0 N–H and O–H groups in total. The van der Waals surface area contributed by atoms with Crippen molar-refractivity contribution in [2.45, 2.75) is 18.1 Å². The van der Waals surface area contributed by atoms with E-state index in [-0.39, 0.29) is 10.9 Å². The Hall–Kier alpha value is -1.45. The Labute approximate surface area is 118 Å². The molecule has 0 bridgehead atoms. The van der Waals surface area contributed by atoms with Crippen LogP contribution in [0.1, 0.15) is 28.2 Å². The van der Waals surface area contributed by atoms with Crippen molar-refractivity contribution in [1.29, 1.82) is 0 Å². The topological polar surface area (TPSA) is 48.4 Å². The Bertz CT molecular complexity index is 506. The lowest BCUT2D eigenvalue weighted by Crippen LogP contribution is -2.20. The molecule has 0 saturated carbocycles. The lowest BCUT2D eigenvalue weighted by atomic mass is 10.1. The number of hydrogen-bond donors (Lipinski definition) is 0. The highest BCUT2D eigenvalue weighted by atomic mass is 79.9. The van der Waals surface area contributed by atoms with Gasteiger partial charge in [-0.15, -0.1) is 13.2 Å². The summed E-state index contributed by atoms with van der Waals surface area (Å²) < 4.78 is 69.9. The van der Waals surface area contributed by atoms with Crippen molar-refractivity contribution in [3.8, 4) is 5.75 Å². The van der Waals surface area contributed by atoms with Crippen LogP contribution in [-0.4, -0.2) is 24.4 Å². The molecule has 0 radical (unpaired) electrons. The highest BCUT2D eigenvalue weighted by Gasteiger charge is 2.34. The normalized spacial score (nSPS) is 11.6. The molecule has 112 valence electrons. The number of carbonyl (C=O) groups is 1. The number of rotatable bonds is 4. The number of halogens is 6. The maximum absolute atomic E-state index is 12.6. The molecule has 10 heteroatoms. The Morgan fingerprint density at radius 3 is 2.45 bits per heavy atom. The van der Waals surface area contributed by atoms with Crippen LogP contribution in [0.2, 0.25) is 0 Å². The number of methoxy groups -OCH3 is 1. The van der Waals surface area contributed by atoms with E-state index in [0.717, 1.165) is 7.11 Å². The highest BCUT2D eigenvalue weighted by molar-refractivity contribution is 9.08. The minimum absolute atomic E-state index is 0.265. The van der Waals surface area contributed by atoms with E-state index >= 15 is 0 Å². The first kappa shape index (κ1) is 16.6. The van der Waals surface area contributed by atoms with E-state index in [2.05, 4.69) is 30.4 Å². The first-order valence-corrected chi connectivity index (χ1v) is 6.03. The molecule has 0 aliphatic heterocycles. The minimum atomic E-state index is -5.09. The summed E-state index contributed by atoms with van der Waals surface area (Å²) in [5.41, 5.74) is -2.02. The van der Waals surface area contributed by atoms with Gasteiger partial charge in [0.15, 0.2) is 5.69 Å². The van der Waals surface area contributed by atoms with Gasteiger partial charge in [-0.3, -0.25) is 0 Å². The lowest BCUT2D eigenvalue weighted by molar-refractivity contribution is -0.274. The van der Waals surface area contributed by atoms with E-state index in [9.17, 15) is 26.7 Å². The molecule has 0 aliphatic rings. The van der Waals surface area contributed by atoms with Crippen LogP contribution in [0.4, 0.5) is 22.0 Å². The number of nitrogens with zero attached hydrogens (tertiary/aromatic N) is 1. The summed E-state index contributed by atoms with van der Waals surface area (Å²) in [5.74, 6) is -2.07. The maximum atomic E-state index is 12.6. The van der Waals surface area contributed by atoms with Crippen molar-refractivity contribution in [3.05, 3.63) is 23.0 Å². The SMILES string of the molecule is COC(=O)c1nc(C(F)F)cc(OC(F)(F)F)c1CBr. The lowest BCUT2D eigenvalue weighted by Gasteiger charge is -2.15. The molecule has 1 rings (SSSR count). The Kier molecular flexibility index (Phi) is 5.26. The predicted octanol–water partition coefficient (Wildman–Crippen LogP) is 3.60. The van der Waals surface area contributed by atoms with E-state index in [1.54, 1.807) is 0 Å². The first-order chi connectivity index (χ1) is 9.19. The zero-order valence-corrected chi connectivity index (χ0v) is 11.4. The van der Waals surface area contributed by atoms with Gasteiger partial charge in [-0.1, -0.05) is 15.9 Å². The van der Waals surface area contributed by atoms with E-state index in [1.807, 2.05) is 0 Å². The number of hydrogen-bond acceptors (Lipinski definition) is 4. The van der Waals surface area contributed by atoms with Crippen molar-refractivity contribution < 1.29 is 36.2 Å². The molecule has 1 heterocycles. The molecule has 0 aliphatic carbocycles. The third-order valence-electron chi connectivity index (χ3n) is 2.06. The van der Waals surface area contributed by atoms with Gasteiger partial charge in [0.05, 0.1) is 7.11 Å². The summed E-state index contributed by atoms with van der Waals surface area (Å²) in [6.45, 7) is 0. The number of carbonyl (C=O) groups excluding carboxylic acids is 1.